The number of aromatic nitrogens is 2. The predicted molar refractivity (Wildman–Crippen MR) is 319 cm³/mol. The number of hydrogen-bond acceptors (Lipinski definition) is 1. The van der Waals surface area contributed by atoms with Crippen molar-refractivity contribution < 1.29 is 0 Å². The molecule has 350 valence electrons. The molecule has 2 aromatic heterocycles. The highest BCUT2D eigenvalue weighted by molar-refractivity contribution is 6.23. The summed E-state index contributed by atoms with van der Waals surface area (Å²) in [6.45, 7) is 0. The lowest BCUT2D eigenvalue weighted by Crippen LogP contribution is -2.10. The van der Waals surface area contributed by atoms with Crippen molar-refractivity contribution in [3.05, 3.63) is 285 Å². The van der Waals surface area contributed by atoms with Gasteiger partial charge in [-0.25, -0.2) is 0 Å². The molecule has 75 heavy (non-hydrogen) atoms. The van der Waals surface area contributed by atoms with Crippen LogP contribution in [-0.4, -0.2) is 9.13 Å². The molecule has 0 aliphatic heterocycles. The summed E-state index contributed by atoms with van der Waals surface area (Å²) < 4.78 is 4.85. The molecule has 0 fully saturated rings. The van der Waals surface area contributed by atoms with Crippen molar-refractivity contribution in [1.82, 2.24) is 9.13 Å². The minimum absolute atomic E-state index is 1.10. The zero-order valence-corrected chi connectivity index (χ0v) is 41.0. The van der Waals surface area contributed by atoms with Crippen LogP contribution >= 0.6 is 0 Å². The third kappa shape index (κ3) is 7.05. The molecule has 13 aromatic carbocycles. The van der Waals surface area contributed by atoms with Gasteiger partial charge in [0.1, 0.15) is 0 Å². The largest absolute Gasteiger partial charge is 0.310 e. The van der Waals surface area contributed by atoms with Gasteiger partial charge in [-0.05, 0) is 170 Å². The lowest BCUT2D eigenvalue weighted by atomic mass is 9.92. The number of para-hydroxylation sites is 3. The Hall–Kier alpha value is -9.96. The molecule has 0 aliphatic carbocycles. The van der Waals surface area contributed by atoms with Gasteiger partial charge >= 0.3 is 0 Å². The summed E-state index contributed by atoms with van der Waals surface area (Å²) >= 11 is 0. The van der Waals surface area contributed by atoms with E-state index in [1.165, 1.54) is 87.1 Å². The molecule has 15 rings (SSSR count). The standard InChI is InChI=1S/C72H47N3/c1-4-21-57(22-5-1)73(66-30-16-20-49-17-10-13-27-61(49)66)60-37-31-48(32-38-60)54-43-55(52-35-39-67-64(46-52)71-62-28-14-11-18-50(62)33-41-69(71)74(67)58-23-6-2-7-24-58)45-56(44-54)53-36-40-68-65(47-53)72-63-29-15-12-19-51(63)34-42-70(72)75(68)59-25-8-3-9-26-59/h1-47H. The number of nitrogens with zero attached hydrogens (tertiary/aromatic N) is 3. The predicted octanol–water partition coefficient (Wildman–Crippen LogP) is 19.8. The van der Waals surface area contributed by atoms with Crippen LogP contribution in [0, 0.1) is 0 Å². The van der Waals surface area contributed by atoms with E-state index < -0.39 is 0 Å². The van der Waals surface area contributed by atoms with Gasteiger partial charge in [0.25, 0.3) is 0 Å². The normalized spacial score (nSPS) is 11.7. The van der Waals surface area contributed by atoms with E-state index >= 15 is 0 Å². The van der Waals surface area contributed by atoms with Crippen molar-refractivity contribution in [3.8, 4) is 44.8 Å². The second-order valence-corrected chi connectivity index (χ2v) is 19.7. The van der Waals surface area contributed by atoms with Crippen LogP contribution in [0.3, 0.4) is 0 Å². The van der Waals surface area contributed by atoms with Gasteiger partial charge < -0.3 is 14.0 Å². The Morgan fingerprint density at radius 3 is 1.13 bits per heavy atom. The quantitative estimate of drug-likeness (QED) is 0.148. The average Bonchev–Trinajstić information content (AvgIpc) is 4.07. The van der Waals surface area contributed by atoms with Gasteiger partial charge in [-0.1, -0.05) is 176 Å². The lowest BCUT2D eigenvalue weighted by molar-refractivity contribution is 1.18. The van der Waals surface area contributed by atoms with Crippen LogP contribution in [0.25, 0.3) is 121 Å². The van der Waals surface area contributed by atoms with E-state index in [-0.39, 0.29) is 0 Å². The monoisotopic (exact) mass is 953 g/mol. The molecule has 0 amide bonds. The zero-order valence-electron chi connectivity index (χ0n) is 41.0. The van der Waals surface area contributed by atoms with Gasteiger partial charge in [0.2, 0.25) is 0 Å². The van der Waals surface area contributed by atoms with Crippen molar-refractivity contribution in [3.63, 3.8) is 0 Å². The Kier molecular flexibility index (Phi) is 9.89. The first-order valence-electron chi connectivity index (χ1n) is 25.8. The Morgan fingerprint density at radius 1 is 0.227 bits per heavy atom. The fourth-order valence-corrected chi connectivity index (χ4v) is 12.0. The maximum absolute atomic E-state index is 2.43. The Bertz CT molecular complexity index is 4460. The van der Waals surface area contributed by atoms with Gasteiger partial charge in [-0.3, -0.25) is 0 Å². The molecule has 0 unspecified atom stereocenters. The smallest absolute Gasteiger partial charge is 0.0547 e. The summed E-state index contributed by atoms with van der Waals surface area (Å²) in [4.78, 5) is 2.38. The lowest BCUT2D eigenvalue weighted by Gasteiger charge is -2.27. The average molecular weight is 954 g/mol. The molecule has 2 heterocycles. The van der Waals surface area contributed by atoms with Crippen LogP contribution in [0.15, 0.2) is 285 Å². The molecule has 0 saturated carbocycles. The van der Waals surface area contributed by atoms with Gasteiger partial charge in [-0.2, -0.15) is 0 Å². The molecule has 3 heteroatoms. The first-order valence-corrected chi connectivity index (χ1v) is 25.8. The van der Waals surface area contributed by atoms with Crippen LogP contribution in [0.5, 0.6) is 0 Å². The molecule has 0 N–H and O–H groups in total. The molecular weight excluding hydrogens is 907 g/mol. The molecule has 0 spiro atoms. The molecule has 0 aliphatic rings. The minimum Gasteiger partial charge on any atom is -0.310 e. The van der Waals surface area contributed by atoms with E-state index in [9.17, 15) is 0 Å². The number of hydrogen-bond donors (Lipinski definition) is 0. The Labute approximate surface area is 434 Å². The van der Waals surface area contributed by atoms with Crippen molar-refractivity contribution >= 4 is 93.0 Å². The van der Waals surface area contributed by atoms with Gasteiger partial charge in [0.05, 0.1) is 27.8 Å². The molecule has 0 atom stereocenters. The van der Waals surface area contributed by atoms with Crippen molar-refractivity contribution in [2.75, 3.05) is 4.90 Å². The number of rotatable bonds is 8. The van der Waals surface area contributed by atoms with Crippen molar-refractivity contribution in [2.45, 2.75) is 0 Å². The Morgan fingerprint density at radius 2 is 0.613 bits per heavy atom. The summed E-state index contributed by atoms with van der Waals surface area (Å²) in [6, 6.07) is 105. The highest BCUT2D eigenvalue weighted by atomic mass is 15.1. The molecular formula is C72H47N3. The molecule has 0 radical (unpaired) electrons. The van der Waals surface area contributed by atoms with Crippen LogP contribution in [0.2, 0.25) is 0 Å². The van der Waals surface area contributed by atoms with Gasteiger partial charge in [0.15, 0.2) is 0 Å². The zero-order chi connectivity index (χ0) is 49.4. The summed E-state index contributed by atoms with van der Waals surface area (Å²) in [5.74, 6) is 0. The topological polar surface area (TPSA) is 13.1 Å². The van der Waals surface area contributed by atoms with Gasteiger partial charge in [0, 0.05) is 49.7 Å². The van der Waals surface area contributed by atoms with E-state index in [1.807, 2.05) is 0 Å². The summed E-state index contributed by atoms with van der Waals surface area (Å²) in [7, 11) is 0. The SMILES string of the molecule is c1ccc(N(c2ccc(-c3cc(-c4ccc5c(c4)c4c6ccccc6ccc4n5-c4ccccc4)cc(-c4ccc5c(c4)c4c6ccccc6ccc4n5-c4ccccc4)c3)cc2)c2cccc3ccccc23)cc1. The number of benzene rings is 13. The van der Waals surface area contributed by atoms with Crippen LogP contribution < -0.4 is 4.90 Å². The first-order chi connectivity index (χ1) is 37.2. The molecule has 0 bridgehead atoms. The van der Waals surface area contributed by atoms with Gasteiger partial charge in [-0.15, -0.1) is 0 Å². The van der Waals surface area contributed by atoms with E-state index in [0.29, 0.717) is 0 Å². The number of fused-ring (bicyclic) bond motifs is 11. The van der Waals surface area contributed by atoms with E-state index in [0.717, 1.165) is 50.7 Å². The van der Waals surface area contributed by atoms with Crippen LogP contribution in [-0.2, 0) is 0 Å². The summed E-state index contributed by atoms with van der Waals surface area (Å²) in [5.41, 5.74) is 17.4. The van der Waals surface area contributed by atoms with E-state index in [2.05, 4.69) is 299 Å². The molecule has 0 saturated heterocycles. The van der Waals surface area contributed by atoms with Crippen LogP contribution in [0.1, 0.15) is 0 Å². The minimum atomic E-state index is 1.10. The highest BCUT2D eigenvalue weighted by Crippen LogP contribution is 2.44. The third-order valence-electron chi connectivity index (χ3n) is 15.4. The van der Waals surface area contributed by atoms with Crippen molar-refractivity contribution in [2.24, 2.45) is 0 Å². The van der Waals surface area contributed by atoms with E-state index in [4.69, 9.17) is 0 Å². The second-order valence-electron chi connectivity index (χ2n) is 19.7. The fourth-order valence-electron chi connectivity index (χ4n) is 12.0. The van der Waals surface area contributed by atoms with E-state index in [1.54, 1.807) is 0 Å². The maximum Gasteiger partial charge on any atom is 0.0547 e. The third-order valence-corrected chi connectivity index (χ3v) is 15.4. The number of anilines is 3. The molecule has 15 aromatic rings. The van der Waals surface area contributed by atoms with Crippen molar-refractivity contribution in [1.29, 1.82) is 0 Å². The highest BCUT2D eigenvalue weighted by Gasteiger charge is 2.20. The summed E-state index contributed by atoms with van der Waals surface area (Å²) in [6.07, 6.45) is 0. The molecule has 3 nitrogen and oxygen atoms in total. The second kappa shape index (κ2) is 17.4. The maximum atomic E-state index is 2.43. The Balaban J connectivity index is 0.950. The summed E-state index contributed by atoms with van der Waals surface area (Å²) in [5, 5.41) is 12.4. The first kappa shape index (κ1) is 42.7. The fraction of sp³-hybridized carbons (Fsp3) is 0. The van der Waals surface area contributed by atoms with Crippen LogP contribution in [0.4, 0.5) is 17.1 Å².